The summed E-state index contributed by atoms with van der Waals surface area (Å²) < 4.78 is 0. The van der Waals surface area contributed by atoms with Gasteiger partial charge in [0.1, 0.15) is 0 Å². The molecule has 0 bridgehead atoms. The summed E-state index contributed by atoms with van der Waals surface area (Å²) in [5, 5.41) is 3.69. The number of benzene rings is 2. The maximum atomic E-state index is 3.69. The van der Waals surface area contributed by atoms with Gasteiger partial charge in [-0.2, -0.15) is 0 Å². The zero-order chi connectivity index (χ0) is 17.3. The predicted molar refractivity (Wildman–Crippen MR) is 109 cm³/mol. The van der Waals surface area contributed by atoms with Gasteiger partial charge in [0.15, 0.2) is 0 Å². The monoisotopic (exact) mass is 338 g/mol. The third-order valence-corrected chi connectivity index (χ3v) is 5.46. The number of hydrogen-bond donors (Lipinski definition) is 1. The molecule has 0 amide bonds. The normalized spacial score (nSPS) is 25.2. The van der Waals surface area contributed by atoms with Gasteiger partial charge >= 0.3 is 0 Å². The SMILES string of the molecule is C1=CCC(N(C2=CC3Nc4ccccc4C3C=C2)c2ccccc2)C=C1. The van der Waals surface area contributed by atoms with Crippen molar-refractivity contribution in [2.24, 2.45) is 0 Å². The number of anilines is 2. The minimum Gasteiger partial charge on any atom is -0.378 e. The second-order valence-corrected chi connectivity index (χ2v) is 7.06. The van der Waals surface area contributed by atoms with Crippen molar-refractivity contribution < 1.29 is 0 Å². The lowest BCUT2D eigenvalue weighted by Crippen LogP contribution is -2.35. The first-order valence-electron chi connectivity index (χ1n) is 9.33. The summed E-state index contributed by atoms with van der Waals surface area (Å²) in [6, 6.07) is 20.0. The predicted octanol–water partition coefficient (Wildman–Crippen LogP) is 5.41. The van der Waals surface area contributed by atoms with Gasteiger partial charge in [-0.25, -0.2) is 0 Å². The zero-order valence-electron chi connectivity index (χ0n) is 14.6. The van der Waals surface area contributed by atoms with Crippen molar-refractivity contribution in [2.75, 3.05) is 10.2 Å². The van der Waals surface area contributed by atoms with E-state index in [0.29, 0.717) is 18.0 Å². The van der Waals surface area contributed by atoms with Gasteiger partial charge < -0.3 is 10.2 Å². The van der Waals surface area contributed by atoms with Crippen LogP contribution in [0.25, 0.3) is 0 Å². The fourth-order valence-corrected chi connectivity index (χ4v) is 4.23. The highest BCUT2D eigenvalue weighted by atomic mass is 15.2. The topological polar surface area (TPSA) is 15.3 Å². The number of allylic oxidation sites excluding steroid dienone is 3. The van der Waals surface area contributed by atoms with E-state index in [-0.39, 0.29) is 0 Å². The molecule has 0 fully saturated rings. The number of para-hydroxylation sites is 2. The van der Waals surface area contributed by atoms with E-state index < -0.39 is 0 Å². The number of rotatable bonds is 3. The van der Waals surface area contributed by atoms with Crippen molar-refractivity contribution in [3.8, 4) is 0 Å². The van der Waals surface area contributed by atoms with Crippen LogP contribution >= 0.6 is 0 Å². The molecule has 0 spiro atoms. The number of nitrogens with one attached hydrogen (secondary N) is 1. The van der Waals surface area contributed by atoms with E-state index in [9.17, 15) is 0 Å². The van der Waals surface area contributed by atoms with Gasteiger partial charge in [0.25, 0.3) is 0 Å². The molecule has 3 unspecified atom stereocenters. The number of hydrogen-bond acceptors (Lipinski definition) is 2. The summed E-state index contributed by atoms with van der Waals surface area (Å²) in [6.45, 7) is 0. The Morgan fingerprint density at radius 1 is 0.885 bits per heavy atom. The van der Waals surface area contributed by atoms with Gasteiger partial charge in [-0.1, -0.05) is 66.8 Å². The van der Waals surface area contributed by atoms with Crippen LogP contribution in [-0.2, 0) is 0 Å². The third kappa shape index (κ3) is 2.59. The van der Waals surface area contributed by atoms with Crippen LogP contribution in [0.3, 0.4) is 0 Å². The molecule has 2 heteroatoms. The Labute approximate surface area is 154 Å². The van der Waals surface area contributed by atoms with Crippen LogP contribution in [0.1, 0.15) is 17.9 Å². The summed E-state index contributed by atoms with van der Waals surface area (Å²) in [5.74, 6) is 0.425. The van der Waals surface area contributed by atoms with Gasteiger partial charge in [-0.05, 0) is 42.3 Å². The van der Waals surface area contributed by atoms with Gasteiger partial charge in [0, 0.05) is 23.0 Å². The average Bonchev–Trinajstić information content (AvgIpc) is 3.08. The lowest BCUT2D eigenvalue weighted by atomic mass is 9.90. The quantitative estimate of drug-likeness (QED) is 0.805. The molecule has 26 heavy (non-hydrogen) atoms. The molecule has 2 aromatic rings. The molecule has 0 saturated carbocycles. The Hall–Kier alpha value is -3.00. The summed E-state index contributed by atoms with van der Waals surface area (Å²) in [5.41, 5.74) is 5.16. The molecule has 128 valence electrons. The lowest BCUT2D eigenvalue weighted by molar-refractivity contribution is 0.733. The molecule has 5 rings (SSSR count). The van der Waals surface area contributed by atoms with Gasteiger partial charge in [0.05, 0.1) is 12.1 Å². The second kappa shape index (κ2) is 6.38. The summed E-state index contributed by atoms with van der Waals surface area (Å²) >= 11 is 0. The van der Waals surface area contributed by atoms with E-state index in [1.807, 2.05) is 0 Å². The second-order valence-electron chi connectivity index (χ2n) is 7.06. The molecule has 1 N–H and O–H groups in total. The Bertz CT molecular complexity index is 920. The van der Waals surface area contributed by atoms with Crippen LogP contribution in [-0.4, -0.2) is 12.1 Å². The highest BCUT2D eigenvalue weighted by molar-refractivity contribution is 5.66. The fourth-order valence-electron chi connectivity index (χ4n) is 4.23. The zero-order valence-corrected chi connectivity index (χ0v) is 14.6. The van der Waals surface area contributed by atoms with Crippen LogP contribution in [0.15, 0.2) is 103 Å². The standard InChI is InChI=1S/C24H22N2/c1-3-9-18(10-4-1)26(19-11-5-2-6-12-19)20-15-16-22-21-13-7-8-14-23(21)25-24(22)17-20/h1-11,13-17,19,22,24-25H,12H2. The van der Waals surface area contributed by atoms with Crippen molar-refractivity contribution in [2.45, 2.75) is 24.4 Å². The van der Waals surface area contributed by atoms with Crippen molar-refractivity contribution in [3.63, 3.8) is 0 Å². The van der Waals surface area contributed by atoms with Crippen LogP contribution in [0.2, 0.25) is 0 Å². The van der Waals surface area contributed by atoms with E-state index in [0.717, 1.165) is 6.42 Å². The maximum Gasteiger partial charge on any atom is 0.0571 e. The summed E-state index contributed by atoms with van der Waals surface area (Å²) in [6.07, 6.45) is 16.9. The molecule has 2 aromatic carbocycles. The van der Waals surface area contributed by atoms with E-state index in [1.54, 1.807) is 0 Å². The molecule has 0 saturated heterocycles. The lowest BCUT2D eigenvalue weighted by Gasteiger charge is -2.35. The molecule has 2 nitrogen and oxygen atoms in total. The maximum absolute atomic E-state index is 3.69. The average molecular weight is 338 g/mol. The van der Waals surface area contributed by atoms with Crippen LogP contribution in [0.5, 0.6) is 0 Å². The third-order valence-electron chi connectivity index (χ3n) is 5.46. The van der Waals surface area contributed by atoms with Gasteiger partial charge in [-0.15, -0.1) is 0 Å². The highest BCUT2D eigenvalue weighted by Gasteiger charge is 2.32. The molecule has 0 radical (unpaired) electrons. The van der Waals surface area contributed by atoms with Crippen molar-refractivity contribution in [1.29, 1.82) is 0 Å². The van der Waals surface area contributed by atoms with Crippen LogP contribution < -0.4 is 10.2 Å². The van der Waals surface area contributed by atoms with Crippen LogP contribution in [0, 0.1) is 0 Å². The molecule has 1 heterocycles. The molecule has 3 aliphatic rings. The molecular weight excluding hydrogens is 316 g/mol. The first-order chi connectivity index (χ1) is 12.9. The van der Waals surface area contributed by atoms with E-state index in [4.69, 9.17) is 0 Å². The number of fused-ring (bicyclic) bond motifs is 3. The molecule has 0 aromatic heterocycles. The Kier molecular flexibility index (Phi) is 3.75. The summed E-state index contributed by atoms with van der Waals surface area (Å²) in [7, 11) is 0. The minimum atomic E-state index is 0.321. The molecule has 3 atom stereocenters. The molecular formula is C24H22N2. The number of nitrogens with zero attached hydrogens (tertiary/aromatic N) is 1. The first-order valence-corrected chi connectivity index (χ1v) is 9.33. The largest absolute Gasteiger partial charge is 0.378 e. The van der Waals surface area contributed by atoms with E-state index >= 15 is 0 Å². The first kappa shape index (κ1) is 15.3. The Balaban J connectivity index is 1.51. The van der Waals surface area contributed by atoms with Gasteiger partial charge in [0.2, 0.25) is 0 Å². The summed E-state index contributed by atoms with van der Waals surface area (Å²) in [4.78, 5) is 2.46. The van der Waals surface area contributed by atoms with Crippen molar-refractivity contribution in [3.05, 3.63) is 108 Å². The highest BCUT2D eigenvalue weighted by Crippen LogP contribution is 2.41. The van der Waals surface area contributed by atoms with Crippen molar-refractivity contribution in [1.82, 2.24) is 0 Å². The molecule has 1 aliphatic heterocycles. The fraction of sp³-hybridized carbons (Fsp3) is 0.167. The van der Waals surface area contributed by atoms with Gasteiger partial charge in [-0.3, -0.25) is 0 Å². The van der Waals surface area contributed by atoms with Crippen LogP contribution in [0.4, 0.5) is 11.4 Å². The molecule has 2 aliphatic carbocycles. The smallest absolute Gasteiger partial charge is 0.0571 e. The van der Waals surface area contributed by atoms with Crippen molar-refractivity contribution >= 4 is 11.4 Å². The Morgan fingerprint density at radius 3 is 2.58 bits per heavy atom. The minimum absolute atomic E-state index is 0.321. The van der Waals surface area contributed by atoms with E-state index in [2.05, 4.69) is 107 Å². The Morgan fingerprint density at radius 2 is 1.73 bits per heavy atom. The van der Waals surface area contributed by atoms with E-state index in [1.165, 1.54) is 22.6 Å².